The molecule has 1 heterocycles. The van der Waals surface area contributed by atoms with Crippen molar-refractivity contribution in [3.05, 3.63) is 48.5 Å². The van der Waals surface area contributed by atoms with E-state index in [1.54, 1.807) is 6.07 Å². The summed E-state index contributed by atoms with van der Waals surface area (Å²) in [5.41, 5.74) is 0.492. The molecule has 0 saturated carbocycles. The molecule has 19 heavy (non-hydrogen) atoms. The molecule has 0 atom stereocenters. The third kappa shape index (κ3) is 3.33. The van der Waals surface area contributed by atoms with Crippen molar-refractivity contribution >= 4 is 21.6 Å². The molecule has 0 aliphatic heterocycles. The molecule has 0 radical (unpaired) electrons. The van der Waals surface area contributed by atoms with Gasteiger partial charge in [-0.05, 0) is 24.3 Å². The van der Waals surface area contributed by atoms with E-state index in [-0.39, 0.29) is 10.6 Å². The fourth-order valence-electron chi connectivity index (χ4n) is 1.37. The van der Waals surface area contributed by atoms with Gasteiger partial charge in [-0.25, -0.2) is 23.5 Å². The zero-order valence-corrected chi connectivity index (χ0v) is 10.5. The van der Waals surface area contributed by atoms with Gasteiger partial charge in [-0.2, -0.15) is 0 Å². The molecule has 0 bridgehead atoms. The smallest absolute Gasteiger partial charge is 0.274 e. The number of amides is 1. The number of carbonyl (C=O) groups excluding carboxylic acids is 1. The van der Waals surface area contributed by atoms with Crippen LogP contribution in [0.3, 0.4) is 0 Å². The number of anilines is 1. The maximum Gasteiger partial charge on any atom is 0.274 e. The first-order valence-electron chi connectivity index (χ1n) is 5.17. The fourth-order valence-corrected chi connectivity index (χ4v) is 1.93. The third-order valence-corrected chi connectivity index (χ3v) is 3.15. The van der Waals surface area contributed by atoms with Crippen LogP contribution >= 0.6 is 0 Å². The Kier molecular flexibility index (Phi) is 3.54. The lowest BCUT2D eigenvalue weighted by molar-refractivity contribution is 0.102. The van der Waals surface area contributed by atoms with Gasteiger partial charge in [-0.1, -0.05) is 6.07 Å². The minimum Gasteiger partial charge on any atom is -0.321 e. The lowest BCUT2D eigenvalue weighted by Crippen LogP contribution is -2.15. The van der Waals surface area contributed by atoms with Crippen molar-refractivity contribution in [2.75, 3.05) is 5.32 Å². The molecule has 0 aliphatic rings. The van der Waals surface area contributed by atoms with Crippen molar-refractivity contribution in [2.45, 2.75) is 4.90 Å². The summed E-state index contributed by atoms with van der Waals surface area (Å²) in [6.07, 6.45) is 2.68. The molecule has 2 rings (SSSR count). The van der Waals surface area contributed by atoms with E-state index in [1.807, 2.05) is 0 Å². The summed E-state index contributed by atoms with van der Waals surface area (Å²) < 4.78 is 22.4. The maximum absolute atomic E-state index is 11.8. The van der Waals surface area contributed by atoms with Gasteiger partial charge in [0.25, 0.3) is 5.91 Å². The molecular formula is C11H10N4O3S. The number of benzene rings is 1. The van der Waals surface area contributed by atoms with Crippen LogP contribution in [-0.4, -0.2) is 24.3 Å². The Morgan fingerprint density at radius 2 is 2.05 bits per heavy atom. The van der Waals surface area contributed by atoms with Crippen molar-refractivity contribution in [3.8, 4) is 0 Å². The second-order valence-electron chi connectivity index (χ2n) is 3.62. The number of primary sulfonamides is 1. The van der Waals surface area contributed by atoms with Gasteiger partial charge in [0.1, 0.15) is 12.0 Å². The van der Waals surface area contributed by atoms with E-state index in [2.05, 4.69) is 15.3 Å². The molecule has 1 aromatic heterocycles. The van der Waals surface area contributed by atoms with Crippen molar-refractivity contribution in [2.24, 2.45) is 5.14 Å². The predicted octanol–water partition coefficient (Wildman–Crippen LogP) is 0.376. The molecule has 1 aromatic carbocycles. The summed E-state index contributed by atoms with van der Waals surface area (Å²) in [5, 5.41) is 7.53. The Bertz CT molecular complexity index is 701. The van der Waals surface area contributed by atoms with E-state index in [0.717, 1.165) is 0 Å². The Morgan fingerprint density at radius 1 is 1.26 bits per heavy atom. The summed E-state index contributed by atoms with van der Waals surface area (Å²) >= 11 is 0. The van der Waals surface area contributed by atoms with Gasteiger partial charge in [-0.15, -0.1) is 0 Å². The molecule has 1 amide bonds. The van der Waals surface area contributed by atoms with Crippen LogP contribution in [0.1, 0.15) is 10.5 Å². The third-order valence-electron chi connectivity index (χ3n) is 2.24. The second kappa shape index (κ2) is 5.12. The van der Waals surface area contributed by atoms with Crippen molar-refractivity contribution < 1.29 is 13.2 Å². The summed E-state index contributed by atoms with van der Waals surface area (Å²) in [7, 11) is -3.80. The van der Waals surface area contributed by atoms with Gasteiger partial charge in [-0.3, -0.25) is 4.79 Å². The Morgan fingerprint density at radius 3 is 2.68 bits per heavy atom. The van der Waals surface area contributed by atoms with Crippen LogP contribution in [0.25, 0.3) is 0 Å². The minimum absolute atomic E-state index is 0.0759. The highest BCUT2D eigenvalue weighted by Gasteiger charge is 2.11. The highest BCUT2D eigenvalue weighted by Crippen LogP contribution is 2.14. The first kappa shape index (κ1) is 13.1. The van der Waals surface area contributed by atoms with Crippen LogP contribution in [0.5, 0.6) is 0 Å². The number of aromatic nitrogens is 2. The first-order chi connectivity index (χ1) is 8.97. The average Bonchev–Trinajstić information content (AvgIpc) is 2.39. The highest BCUT2D eigenvalue weighted by molar-refractivity contribution is 7.89. The number of hydrogen-bond acceptors (Lipinski definition) is 5. The molecule has 0 saturated heterocycles. The molecule has 0 aliphatic carbocycles. The van der Waals surface area contributed by atoms with Crippen molar-refractivity contribution in [3.63, 3.8) is 0 Å². The SMILES string of the molecule is NS(=O)(=O)c1cccc(NC(=O)c2ccncn2)c1. The predicted molar refractivity (Wildman–Crippen MR) is 67.8 cm³/mol. The number of hydrogen-bond donors (Lipinski definition) is 2. The lowest BCUT2D eigenvalue weighted by Gasteiger charge is -2.05. The van der Waals surface area contributed by atoms with Crippen molar-refractivity contribution in [1.82, 2.24) is 9.97 Å². The standard InChI is InChI=1S/C11H10N4O3S/c12-19(17,18)9-3-1-2-8(6-9)15-11(16)10-4-5-13-7-14-10/h1-7H,(H,15,16)(H2,12,17,18). The molecule has 0 spiro atoms. The number of nitrogens with two attached hydrogens (primary N) is 1. The van der Waals surface area contributed by atoms with Gasteiger partial charge in [0.05, 0.1) is 4.90 Å². The number of nitrogens with one attached hydrogen (secondary N) is 1. The minimum atomic E-state index is -3.80. The monoisotopic (exact) mass is 278 g/mol. The van der Waals surface area contributed by atoms with Gasteiger partial charge in [0, 0.05) is 11.9 Å². The molecule has 3 N–H and O–H groups in total. The molecule has 0 unspecified atom stereocenters. The van der Waals surface area contributed by atoms with E-state index >= 15 is 0 Å². The van der Waals surface area contributed by atoms with Gasteiger partial charge in [0.2, 0.25) is 10.0 Å². The lowest BCUT2D eigenvalue weighted by atomic mass is 10.3. The van der Waals surface area contributed by atoms with E-state index in [0.29, 0.717) is 5.69 Å². The van der Waals surface area contributed by atoms with Crippen LogP contribution in [0.15, 0.2) is 47.8 Å². The fraction of sp³-hybridized carbons (Fsp3) is 0. The van der Waals surface area contributed by atoms with Gasteiger partial charge < -0.3 is 5.32 Å². The zero-order valence-electron chi connectivity index (χ0n) is 9.65. The maximum atomic E-state index is 11.8. The highest BCUT2D eigenvalue weighted by atomic mass is 32.2. The number of sulfonamides is 1. The van der Waals surface area contributed by atoms with Gasteiger partial charge >= 0.3 is 0 Å². The molecule has 2 aromatic rings. The van der Waals surface area contributed by atoms with E-state index in [1.165, 1.54) is 36.8 Å². The number of carbonyl (C=O) groups is 1. The average molecular weight is 278 g/mol. The molecular weight excluding hydrogens is 268 g/mol. The van der Waals surface area contributed by atoms with Gasteiger partial charge in [0.15, 0.2) is 0 Å². The van der Waals surface area contributed by atoms with Crippen LogP contribution in [0, 0.1) is 0 Å². The van der Waals surface area contributed by atoms with Crippen molar-refractivity contribution in [1.29, 1.82) is 0 Å². The van der Waals surface area contributed by atoms with Crippen LogP contribution < -0.4 is 10.5 Å². The van der Waals surface area contributed by atoms with Crippen LogP contribution in [0.2, 0.25) is 0 Å². The Hall–Kier alpha value is -2.32. The summed E-state index contributed by atoms with van der Waals surface area (Å²) in [6, 6.07) is 7.09. The topological polar surface area (TPSA) is 115 Å². The Labute approximate surface area is 109 Å². The normalized spacial score (nSPS) is 11.0. The summed E-state index contributed by atoms with van der Waals surface area (Å²) in [4.78, 5) is 19.2. The largest absolute Gasteiger partial charge is 0.321 e. The summed E-state index contributed by atoms with van der Waals surface area (Å²) in [5.74, 6) is -0.464. The van der Waals surface area contributed by atoms with E-state index in [9.17, 15) is 13.2 Å². The molecule has 7 nitrogen and oxygen atoms in total. The molecule has 0 fully saturated rings. The van der Waals surface area contributed by atoms with E-state index in [4.69, 9.17) is 5.14 Å². The van der Waals surface area contributed by atoms with Crippen LogP contribution in [0.4, 0.5) is 5.69 Å². The number of rotatable bonds is 3. The number of nitrogens with zero attached hydrogens (tertiary/aromatic N) is 2. The second-order valence-corrected chi connectivity index (χ2v) is 5.18. The zero-order chi connectivity index (χ0) is 13.9. The quantitative estimate of drug-likeness (QED) is 0.842. The molecule has 8 heteroatoms. The summed E-state index contributed by atoms with van der Waals surface area (Å²) in [6.45, 7) is 0. The van der Waals surface area contributed by atoms with Crippen LogP contribution in [-0.2, 0) is 10.0 Å². The first-order valence-corrected chi connectivity index (χ1v) is 6.72. The van der Waals surface area contributed by atoms with E-state index < -0.39 is 15.9 Å². The Balaban J connectivity index is 2.23. The molecule has 98 valence electrons.